The van der Waals surface area contributed by atoms with E-state index < -0.39 is 0 Å². The van der Waals surface area contributed by atoms with E-state index in [2.05, 4.69) is 0 Å². The lowest BCUT2D eigenvalue weighted by Crippen LogP contribution is -2.45. The first-order valence-electron chi connectivity index (χ1n) is 5.02. The minimum Gasteiger partial charge on any atom is -0.393 e. The van der Waals surface area contributed by atoms with Gasteiger partial charge in [-0.15, -0.1) is 0 Å². The first-order chi connectivity index (χ1) is 6.61. The zero-order chi connectivity index (χ0) is 10.2. The van der Waals surface area contributed by atoms with Crippen molar-refractivity contribution in [3.05, 3.63) is 0 Å². The van der Waals surface area contributed by atoms with Crippen molar-refractivity contribution in [2.24, 2.45) is 5.73 Å². The quantitative estimate of drug-likeness (QED) is 0.362. The van der Waals surface area contributed by atoms with E-state index in [1.807, 2.05) is 0 Å². The van der Waals surface area contributed by atoms with Gasteiger partial charge in [0.05, 0.1) is 11.7 Å². The Bertz CT molecular complexity index is 246. The molecule has 2 fully saturated rings. The maximum atomic E-state index is 9.58. The minimum atomic E-state index is -0.254. The van der Waals surface area contributed by atoms with Crippen molar-refractivity contribution in [1.29, 1.82) is 5.41 Å². The number of nitrogens with two attached hydrogens (primary N) is 1. The van der Waals surface area contributed by atoms with Crippen molar-refractivity contribution in [1.82, 2.24) is 4.90 Å². The van der Waals surface area contributed by atoms with Gasteiger partial charge in [-0.05, 0) is 12.8 Å². The predicted octanol–water partition coefficient (Wildman–Crippen LogP) is -0.504. The summed E-state index contributed by atoms with van der Waals surface area (Å²) in [4.78, 5) is 1.80. The highest BCUT2D eigenvalue weighted by atomic mass is 16.5. The van der Waals surface area contributed by atoms with Crippen LogP contribution < -0.4 is 5.73 Å². The number of aliphatic hydroxyl groups is 1. The fourth-order valence-corrected chi connectivity index (χ4v) is 2.34. The summed E-state index contributed by atoms with van der Waals surface area (Å²) in [7, 11) is 0. The maximum absolute atomic E-state index is 9.58. The first-order valence-corrected chi connectivity index (χ1v) is 5.02. The molecule has 0 bridgehead atoms. The van der Waals surface area contributed by atoms with Crippen molar-refractivity contribution < 1.29 is 9.84 Å². The summed E-state index contributed by atoms with van der Waals surface area (Å²) in [5.74, 6) is 0.102. The van der Waals surface area contributed by atoms with Gasteiger partial charge in [-0.3, -0.25) is 5.41 Å². The molecule has 5 nitrogen and oxygen atoms in total. The zero-order valence-electron chi connectivity index (χ0n) is 8.20. The Labute approximate surface area is 83.3 Å². The smallest absolute Gasteiger partial charge is 0.188 e. The van der Waals surface area contributed by atoms with Crippen molar-refractivity contribution in [3.63, 3.8) is 0 Å². The Morgan fingerprint density at radius 3 is 3.00 bits per heavy atom. The van der Waals surface area contributed by atoms with E-state index in [4.69, 9.17) is 15.9 Å². The van der Waals surface area contributed by atoms with Crippen molar-refractivity contribution >= 4 is 5.96 Å². The van der Waals surface area contributed by atoms with E-state index in [1.165, 1.54) is 0 Å². The molecular weight excluding hydrogens is 182 g/mol. The van der Waals surface area contributed by atoms with Gasteiger partial charge in [0.25, 0.3) is 0 Å². The van der Waals surface area contributed by atoms with E-state index in [9.17, 15) is 5.11 Å². The lowest BCUT2D eigenvalue weighted by atomic mass is 9.91. The number of nitrogens with one attached hydrogen (secondary N) is 1. The van der Waals surface area contributed by atoms with Gasteiger partial charge >= 0.3 is 0 Å². The molecule has 0 aromatic heterocycles. The Morgan fingerprint density at radius 2 is 2.43 bits per heavy atom. The molecule has 14 heavy (non-hydrogen) atoms. The van der Waals surface area contributed by atoms with Gasteiger partial charge in [0.1, 0.15) is 0 Å². The third-order valence-electron chi connectivity index (χ3n) is 3.12. The topological polar surface area (TPSA) is 82.6 Å². The number of hydrogen-bond donors (Lipinski definition) is 3. The number of nitrogens with zero attached hydrogens (tertiary/aromatic N) is 1. The molecule has 2 heterocycles. The van der Waals surface area contributed by atoms with Crippen LogP contribution in [0.25, 0.3) is 0 Å². The second-order valence-electron chi connectivity index (χ2n) is 4.23. The highest BCUT2D eigenvalue weighted by Crippen LogP contribution is 2.33. The molecule has 0 aliphatic carbocycles. The molecule has 0 radical (unpaired) electrons. The van der Waals surface area contributed by atoms with Crippen LogP contribution in [0, 0.1) is 5.41 Å². The van der Waals surface area contributed by atoms with Gasteiger partial charge < -0.3 is 20.5 Å². The molecule has 2 rings (SSSR count). The van der Waals surface area contributed by atoms with Crippen LogP contribution in [0.5, 0.6) is 0 Å². The standard InChI is InChI=1S/C9H17N3O2/c10-8(11)12-3-2-9(6-12)5-7(13)1-4-14-9/h7,13H,1-6H2,(H3,10,11)/t7-,9-/m1/s1. The van der Waals surface area contributed by atoms with E-state index in [0.717, 1.165) is 19.4 Å². The molecule has 5 heteroatoms. The van der Waals surface area contributed by atoms with E-state index in [1.54, 1.807) is 4.90 Å². The van der Waals surface area contributed by atoms with Crippen LogP contribution in [-0.4, -0.2) is 47.4 Å². The number of hydrogen-bond acceptors (Lipinski definition) is 3. The number of rotatable bonds is 0. The Hall–Kier alpha value is -0.810. The van der Waals surface area contributed by atoms with Gasteiger partial charge in [-0.2, -0.15) is 0 Å². The first kappa shape index (κ1) is 9.73. The Morgan fingerprint density at radius 1 is 1.64 bits per heavy atom. The molecule has 2 saturated heterocycles. The summed E-state index contributed by atoms with van der Waals surface area (Å²) >= 11 is 0. The third-order valence-corrected chi connectivity index (χ3v) is 3.12. The van der Waals surface area contributed by atoms with E-state index >= 15 is 0 Å². The number of aliphatic hydroxyl groups excluding tert-OH is 1. The molecule has 0 amide bonds. The molecule has 4 N–H and O–H groups in total. The molecule has 0 aromatic carbocycles. The SMILES string of the molecule is N=C(N)N1CC[C@@]2(C[C@H](O)CCO2)C1. The molecule has 0 unspecified atom stereocenters. The molecular formula is C9H17N3O2. The highest BCUT2D eigenvalue weighted by molar-refractivity contribution is 5.75. The van der Waals surface area contributed by atoms with Crippen molar-refractivity contribution in [2.45, 2.75) is 31.0 Å². The monoisotopic (exact) mass is 199 g/mol. The van der Waals surface area contributed by atoms with Crippen molar-refractivity contribution in [2.75, 3.05) is 19.7 Å². The van der Waals surface area contributed by atoms with Gasteiger partial charge in [0.15, 0.2) is 5.96 Å². The third kappa shape index (κ3) is 1.69. The van der Waals surface area contributed by atoms with Gasteiger partial charge in [-0.1, -0.05) is 0 Å². The van der Waals surface area contributed by atoms with Gasteiger partial charge in [0, 0.05) is 26.1 Å². The van der Waals surface area contributed by atoms with Crippen LogP contribution >= 0.6 is 0 Å². The maximum Gasteiger partial charge on any atom is 0.188 e. The van der Waals surface area contributed by atoms with Crippen LogP contribution in [0.4, 0.5) is 0 Å². The van der Waals surface area contributed by atoms with E-state index in [0.29, 0.717) is 19.6 Å². The second kappa shape index (κ2) is 3.40. The molecule has 2 aliphatic heterocycles. The lowest BCUT2D eigenvalue weighted by Gasteiger charge is -2.36. The normalized spacial score (nSPS) is 37.8. The second-order valence-corrected chi connectivity index (χ2v) is 4.23. The molecule has 0 aromatic rings. The predicted molar refractivity (Wildman–Crippen MR) is 52.0 cm³/mol. The summed E-state index contributed by atoms with van der Waals surface area (Å²) in [5, 5.41) is 16.9. The fraction of sp³-hybridized carbons (Fsp3) is 0.889. The summed E-state index contributed by atoms with van der Waals surface area (Å²) in [6, 6.07) is 0. The average Bonchev–Trinajstić information content (AvgIpc) is 2.49. The lowest BCUT2D eigenvalue weighted by molar-refractivity contribution is -0.108. The summed E-state index contributed by atoms with van der Waals surface area (Å²) < 4.78 is 5.72. The molecule has 1 spiro atoms. The number of guanidine groups is 1. The van der Waals surface area contributed by atoms with Crippen LogP contribution in [0.1, 0.15) is 19.3 Å². The highest BCUT2D eigenvalue weighted by Gasteiger charge is 2.43. The average molecular weight is 199 g/mol. The van der Waals surface area contributed by atoms with Crippen LogP contribution in [0.15, 0.2) is 0 Å². The molecule has 2 atom stereocenters. The van der Waals surface area contributed by atoms with Crippen LogP contribution in [0.2, 0.25) is 0 Å². The summed E-state index contributed by atoms with van der Waals surface area (Å²) in [5.41, 5.74) is 5.17. The van der Waals surface area contributed by atoms with Gasteiger partial charge in [0.2, 0.25) is 0 Å². The van der Waals surface area contributed by atoms with E-state index in [-0.39, 0.29) is 17.7 Å². The van der Waals surface area contributed by atoms with Crippen LogP contribution in [0.3, 0.4) is 0 Å². The largest absolute Gasteiger partial charge is 0.393 e. The van der Waals surface area contributed by atoms with Gasteiger partial charge in [-0.25, -0.2) is 0 Å². The Balaban J connectivity index is 2.01. The molecule has 80 valence electrons. The van der Waals surface area contributed by atoms with Crippen LogP contribution in [-0.2, 0) is 4.74 Å². The summed E-state index contributed by atoms with van der Waals surface area (Å²) in [6.07, 6.45) is 2.01. The number of ether oxygens (including phenoxy) is 1. The molecule has 2 aliphatic rings. The minimum absolute atomic E-state index is 0.102. The summed E-state index contributed by atoms with van der Waals surface area (Å²) in [6.45, 7) is 2.04. The zero-order valence-corrected chi connectivity index (χ0v) is 8.20. The number of likely N-dealkylation sites (tertiary alicyclic amines) is 1. The molecule has 0 saturated carbocycles. The van der Waals surface area contributed by atoms with Crippen molar-refractivity contribution in [3.8, 4) is 0 Å². The Kier molecular flexibility index (Phi) is 2.36. The fourth-order valence-electron chi connectivity index (χ4n) is 2.34.